The zero-order chi connectivity index (χ0) is 21.3. The largest absolute Gasteiger partial charge is 0.466 e. The molecule has 5 nitrogen and oxygen atoms in total. The average Bonchev–Trinajstić information content (AvgIpc) is 3.26. The van der Waals surface area contributed by atoms with Gasteiger partial charge >= 0.3 is 0 Å². The molecule has 0 bridgehead atoms. The van der Waals surface area contributed by atoms with Crippen molar-refractivity contribution < 1.29 is 14.0 Å². The monoisotopic (exact) mass is 428 g/mol. The summed E-state index contributed by atoms with van der Waals surface area (Å²) in [6, 6.07) is 2.00. The molecule has 2 aromatic rings. The van der Waals surface area contributed by atoms with E-state index in [2.05, 4.69) is 17.6 Å². The highest BCUT2D eigenvalue weighted by atomic mass is 32.1. The van der Waals surface area contributed by atoms with Gasteiger partial charge in [-0.05, 0) is 63.5 Å². The maximum absolute atomic E-state index is 13.3. The molecule has 30 heavy (non-hydrogen) atoms. The van der Waals surface area contributed by atoms with Crippen molar-refractivity contribution >= 4 is 28.2 Å². The van der Waals surface area contributed by atoms with Crippen LogP contribution in [0.2, 0.25) is 0 Å². The molecule has 0 radical (unpaired) electrons. The van der Waals surface area contributed by atoms with Gasteiger partial charge in [-0.15, -0.1) is 11.3 Å². The highest BCUT2D eigenvalue weighted by Crippen LogP contribution is 2.41. The topological polar surface area (TPSA) is 71.3 Å². The number of thiophene rings is 1. The quantitative estimate of drug-likeness (QED) is 0.633. The second kappa shape index (κ2) is 8.96. The van der Waals surface area contributed by atoms with Gasteiger partial charge in [-0.2, -0.15) is 0 Å². The van der Waals surface area contributed by atoms with Gasteiger partial charge in [0.25, 0.3) is 11.8 Å². The highest BCUT2D eigenvalue weighted by molar-refractivity contribution is 7.17. The minimum atomic E-state index is -0.207. The molecule has 1 saturated carbocycles. The number of rotatable bonds is 5. The van der Waals surface area contributed by atoms with Crippen molar-refractivity contribution in [3.63, 3.8) is 0 Å². The molecule has 2 N–H and O–H groups in total. The molecule has 0 aliphatic heterocycles. The number of carbonyl (C=O) groups excluding carboxylic acids is 2. The molecule has 0 saturated heterocycles. The van der Waals surface area contributed by atoms with Gasteiger partial charge in [0.05, 0.1) is 11.1 Å². The van der Waals surface area contributed by atoms with Gasteiger partial charge in [0.1, 0.15) is 16.5 Å². The fraction of sp³-hybridized carbons (Fsp3) is 0.583. The molecule has 2 aliphatic carbocycles. The lowest BCUT2D eigenvalue weighted by molar-refractivity contribution is 0.0927. The van der Waals surface area contributed by atoms with E-state index in [1.54, 1.807) is 24.3 Å². The second-order valence-electron chi connectivity index (χ2n) is 8.81. The number of hydrogen-bond acceptors (Lipinski definition) is 4. The lowest BCUT2D eigenvalue weighted by Gasteiger charge is -2.24. The van der Waals surface area contributed by atoms with Gasteiger partial charge in [0.15, 0.2) is 0 Å². The second-order valence-corrected chi connectivity index (χ2v) is 9.92. The Balaban J connectivity index is 1.63. The van der Waals surface area contributed by atoms with E-state index in [1.807, 2.05) is 6.92 Å². The summed E-state index contributed by atoms with van der Waals surface area (Å²) in [5.74, 6) is 1.74. The molecule has 0 aromatic carbocycles. The Morgan fingerprint density at radius 3 is 2.57 bits per heavy atom. The Hall–Kier alpha value is -2.08. The van der Waals surface area contributed by atoms with E-state index < -0.39 is 0 Å². The number of anilines is 1. The van der Waals surface area contributed by atoms with Crippen LogP contribution in [-0.2, 0) is 12.8 Å². The number of nitrogens with one attached hydrogen (secondary N) is 2. The number of amides is 2. The Bertz CT molecular complexity index is 937. The fourth-order valence-corrected chi connectivity index (χ4v) is 6.22. The van der Waals surface area contributed by atoms with Crippen molar-refractivity contribution in [2.45, 2.75) is 84.6 Å². The van der Waals surface area contributed by atoms with Gasteiger partial charge in [-0.25, -0.2) is 0 Å². The summed E-state index contributed by atoms with van der Waals surface area (Å²) in [5.41, 5.74) is 2.37. The van der Waals surface area contributed by atoms with Crippen LogP contribution in [0.5, 0.6) is 0 Å². The van der Waals surface area contributed by atoms with Crippen molar-refractivity contribution in [1.29, 1.82) is 0 Å². The molecule has 6 heteroatoms. The molecule has 162 valence electrons. The SMILES string of the molecule is CCC1CCc2c(sc(NC(=O)c3cc(C)oc3C)c2C(=O)NC2CCCCC2)C1. The first-order valence-corrected chi connectivity index (χ1v) is 12.1. The molecule has 2 heterocycles. The van der Waals surface area contributed by atoms with E-state index in [9.17, 15) is 9.59 Å². The molecule has 1 unspecified atom stereocenters. The van der Waals surface area contributed by atoms with Gasteiger partial charge in [-0.3, -0.25) is 9.59 Å². The third-order valence-electron chi connectivity index (χ3n) is 6.62. The predicted octanol–water partition coefficient (Wildman–Crippen LogP) is 5.79. The van der Waals surface area contributed by atoms with Crippen molar-refractivity contribution in [2.75, 3.05) is 5.32 Å². The van der Waals surface area contributed by atoms with Crippen LogP contribution < -0.4 is 10.6 Å². The number of aryl methyl sites for hydroxylation is 2. The van der Waals surface area contributed by atoms with Crippen LogP contribution in [0.25, 0.3) is 0 Å². The molecular weight excluding hydrogens is 396 g/mol. The lowest BCUT2D eigenvalue weighted by atomic mass is 9.85. The number of furan rings is 1. The van der Waals surface area contributed by atoms with E-state index in [0.717, 1.165) is 44.1 Å². The first-order chi connectivity index (χ1) is 14.5. The summed E-state index contributed by atoms with van der Waals surface area (Å²) in [4.78, 5) is 27.5. The van der Waals surface area contributed by atoms with E-state index >= 15 is 0 Å². The first-order valence-electron chi connectivity index (χ1n) is 11.3. The molecule has 4 rings (SSSR count). The van der Waals surface area contributed by atoms with Crippen LogP contribution >= 0.6 is 11.3 Å². The normalized spacial score (nSPS) is 19.4. The Morgan fingerprint density at radius 1 is 1.13 bits per heavy atom. The summed E-state index contributed by atoms with van der Waals surface area (Å²) in [6.07, 6.45) is 9.87. The Kier molecular flexibility index (Phi) is 6.32. The van der Waals surface area contributed by atoms with Crippen LogP contribution in [0, 0.1) is 19.8 Å². The van der Waals surface area contributed by atoms with E-state index in [1.165, 1.54) is 24.1 Å². The molecule has 1 fully saturated rings. The van der Waals surface area contributed by atoms with Gasteiger partial charge in [0.2, 0.25) is 0 Å². The molecule has 0 spiro atoms. The summed E-state index contributed by atoms with van der Waals surface area (Å²) < 4.78 is 5.52. The van der Waals surface area contributed by atoms with Gasteiger partial charge < -0.3 is 15.1 Å². The molecule has 2 amide bonds. The molecule has 1 atom stereocenters. The Labute approximate surface area is 182 Å². The van der Waals surface area contributed by atoms with Crippen molar-refractivity contribution in [3.05, 3.63) is 39.2 Å². The molecule has 2 aliphatic rings. The predicted molar refractivity (Wildman–Crippen MR) is 121 cm³/mol. The Morgan fingerprint density at radius 2 is 1.90 bits per heavy atom. The smallest absolute Gasteiger partial charge is 0.259 e. The van der Waals surface area contributed by atoms with Crippen LogP contribution in [0.4, 0.5) is 5.00 Å². The number of hydrogen-bond donors (Lipinski definition) is 2. The average molecular weight is 429 g/mol. The zero-order valence-corrected chi connectivity index (χ0v) is 19.0. The zero-order valence-electron chi connectivity index (χ0n) is 18.2. The molecule has 2 aromatic heterocycles. The molecular formula is C24H32N2O3S. The van der Waals surface area contributed by atoms with Crippen molar-refractivity contribution in [1.82, 2.24) is 5.32 Å². The van der Waals surface area contributed by atoms with Crippen LogP contribution in [0.3, 0.4) is 0 Å². The van der Waals surface area contributed by atoms with E-state index in [0.29, 0.717) is 33.6 Å². The van der Waals surface area contributed by atoms with E-state index in [4.69, 9.17) is 4.42 Å². The number of fused-ring (bicyclic) bond motifs is 1. The summed E-state index contributed by atoms with van der Waals surface area (Å²) in [6.45, 7) is 5.86. The highest BCUT2D eigenvalue weighted by Gasteiger charge is 2.30. The van der Waals surface area contributed by atoms with Crippen LogP contribution in [0.1, 0.15) is 94.5 Å². The first kappa shape index (κ1) is 21.2. The standard InChI is InChI=1S/C24H32N2O3S/c1-4-16-10-11-18-20(13-16)30-24(26-22(27)19-12-14(2)29-15(19)3)21(18)23(28)25-17-8-6-5-7-9-17/h12,16-17H,4-11,13H2,1-3H3,(H,25,28)(H,26,27). The minimum absolute atomic E-state index is 0.0234. The third kappa shape index (κ3) is 4.34. The van der Waals surface area contributed by atoms with Crippen molar-refractivity contribution in [2.24, 2.45) is 5.92 Å². The fourth-order valence-electron chi connectivity index (χ4n) is 4.86. The number of carbonyl (C=O) groups is 2. The minimum Gasteiger partial charge on any atom is -0.466 e. The lowest BCUT2D eigenvalue weighted by Crippen LogP contribution is -2.37. The van der Waals surface area contributed by atoms with Crippen LogP contribution in [0.15, 0.2) is 10.5 Å². The maximum atomic E-state index is 13.3. The maximum Gasteiger partial charge on any atom is 0.259 e. The van der Waals surface area contributed by atoms with Gasteiger partial charge in [-0.1, -0.05) is 32.6 Å². The van der Waals surface area contributed by atoms with Crippen LogP contribution in [-0.4, -0.2) is 17.9 Å². The summed E-state index contributed by atoms with van der Waals surface area (Å²) in [7, 11) is 0. The third-order valence-corrected chi connectivity index (χ3v) is 7.79. The summed E-state index contributed by atoms with van der Waals surface area (Å²) >= 11 is 1.58. The van der Waals surface area contributed by atoms with Gasteiger partial charge in [0, 0.05) is 10.9 Å². The van der Waals surface area contributed by atoms with Crippen molar-refractivity contribution in [3.8, 4) is 0 Å². The summed E-state index contributed by atoms with van der Waals surface area (Å²) in [5, 5.41) is 7.00. The van der Waals surface area contributed by atoms with E-state index in [-0.39, 0.29) is 17.9 Å².